The molecule has 3 aromatic heterocycles. The number of nitrogens with one attached hydrogen (secondary N) is 2. The summed E-state index contributed by atoms with van der Waals surface area (Å²) in [4.78, 5) is 16.4. The average Bonchev–Trinajstić information content (AvgIpc) is 3.73. The Morgan fingerprint density at radius 1 is 1.15 bits per heavy atom. The summed E-state index contributed by atoms with van der Waals surface area (Å²) in [5.74, 6) is -2.26. The van der Waals surface area contributed by atoms with E-state index in [2.05, 4.69) is 25.5 Å². The molecule has 1 aromatic carbocycles. The van der Waals surface area contributed by atoms with Crippen molar-refractivity contribution in [1.82, 2.24) is 25.2 Å². The van der Waals surface area contributed by atoms with Gasteiger partial charge in [-0.3, -0.25) is 10.2 Å². The summed E-state index contributed by atoms with van der Waals surface area (Å²) in [6, 6.07) is 4.50. The van der Waals surface area contributed by atoms with E-state index in [0.717, 1.165) is 50.1 Å². The van der Waals surface area contributed by atoms with Gasteiger partial charge in [-0.05, 0) is 69.7 Å². The van der Waals surface area contributed by atoms with Crippen LogP contribution >= 0.6 is 11.3 Å². The van der Waals surface area contributed by atoms with E-state index in [0.29, 0.717) is 18.7 Å². The number of hydrogen-bond donors (Lipinski definition) is 3. The molecule has 0 bridgehead atoms. The maximum absolute atomic E-state index is 17.0. The Morgan fingerprint density at radius 2 is 1.91 bits per heavy atom. The van der Waals surface area contributed by atoms with E-state index >= 15 is 13.2 Å². The highest BCUT2D eigenvalue weighted by Crippen LogP contribution is 2.44. The van der Waals surface area contributed by atoms with E-state index in [-0.39, 0.29) is 79.1 Å². The molecule has 9 nitrogen and oxygen atoms in total. The summed E-state index contributed by atoms with van der Waals surface area (Å²) in [6.45, 7) is 5.61. The molecular formula is C33H36F4N8OS. The van der Waals surface area contributed by atoms with Crippen LogP contribution in [0.2, 0.25) is 0 Å². The quantitative estimate of drug-likeness (QED) is 0.162. The van der Waals surface area contributed by atoms with Gasteiger partial charge in [-0.15, -0.1) is 11.3 Å². The first-order valence-electron chi connectivity index (χ1n) is 16.1. The molecule has 3 aliphatic rings. The number of thiophene rings is 1. The second-order valence-corrected chi connectivity index (χ2v) is 14.0. The zero-order chi connectivity index (χ0) is 33.0. The molecule has 0 aliphatic carbocycles. The van der Waals surface area contributed by atoms with Crippen LogP contribution in [0.3, 0.4) is 0 Å². The number of halogens is 4. The van der Waals surface area contributed by atoms with Crippen LogP contribution in [0.25, 0.3) is 32.2 Å². The Morgan fingerprint density at radius 3 is 2.64 bits per heavy atom. The van der Waals surface area contributed by atoms with Crippen LogP contribution in [0.4, 0.5) is 28.4 Å². The number of rotatable bonds is 5. The number of hydrogen-bond acceptors (Lipinski definition) is 10. The molecular weight excluding hydrogens is 632 g/mol. The van der Waals surface area contributed by atoms with Gasteiger partial charge < -0.3 is 15.8 Å². The molecule has 3 aliphatic heterocycles. The molecule has 2 saturated heterocycles. The number of benzene rings is 1. The zero-order valence-electron chi connectivity index (χ0n) is 26.2. The fourth-order valence-electron chi connectivity index (χ4n) is 7.80. The highest BCUT2D eigenvalue weighted by Gasteiger charge is 2.45. The molecule has 3 unspecified atom stereocenters. The molecule has 47 heavy (non-hydrogen) atoms. The van der Waals surface area contributed by atoms with E-state index in [1.165, 1.54) is 12.1 Å². The van der Waals surface area contributed by atoms with Crippen LogP contribution in [-0.2, 0) is 6.42 Å². The number of anilines is 2. The Balaban J connectivity index is 1.44. The molecule has 2 fully saturated rings. The minimum absolute atomic E-state index is 0.0268. The van der Waals surface area contributed by atoms with E-state index in [9.17, 15) is 9.65 Å². The summed E-state index contributed by atoms with van der Waals surface area (Å²) in [5, 5.41) is 15.8. The number of fused-ring (bicyclic) bond motifs is 2. The topological polar surface area (TPSA) is 125 Å². The number of alkyl halides is 2. The van der Waals surface area contributed by atoms with Crippen LogP contribution < -0.4 is 21.1 Å². The number of ether oxygens (including phenoxy) is 1. The van der Waals surface area contributed by atoms with Gasteiger partial charge in [0.15, 0.2) is 18.4 Å². The van der Waals surface area contributed by atoms with Crippen molar-refractivity contribution in [3.63, 3.8) is 0 Å². The maximum Gasteiger partial charge on any atom is 0.319 e. The summed E-state index contributed by atoms with van der Waals surface area (Å²) in [6.07, 6.45) is 1.26. The third-order valence-electron chi connectivity index (χ3n) is 10.2. The normalized spacial score (nSPS) is 24.5. The van der Waals surface area contributed by atoms with Crippen molar-refractivity contribution in [2.45, 2.75) is 70.5 Å². The summed E-state index contributed by atoms with van der Waals surface area (Å²) in [5.41, 5.74) is 6.22. The van der Waals surface area contributed by atoms with Crippen LogP contribution in [0.5, 0.6) is 6.01 Å². The molecule has 6 heterocycles. The minimum atomic E-state index is -1.76. The standard InChI is InChI=1S/C33H36F4N8OS/c1-3-17-16(2)12-21-24-27(25(36)26(41-21)18-6-7-20(34)28-23(18)19(13-38)30(39)47-28)43-32(44-31(24)40-14-22(35)42-29(17)37)46-15-33-8-4-10-45(33)11-5-9-33/h6-7,16-17,22,29,42H,3-5,8-12,14-15,39H2,1-2H3,(H,40,43,44)/t16-,17?,22?,29?/m0/s1. The smallest absolute Gasteiger partial charge is 0.319 e. The minimum Gasteiger partial charge on any atom is -0.461 e. The molecule has 248 valence electrons. The van der Waals surface area contributed by atoms with Gasteiger partial charge in [0, 0.05) is 16.9 Å². The highest BCUT2D eigenvalue weighted by molar-refractivity contribution is 7.23. The number of pyridine rings is 1. The van der Waals surface area contributed by atoms with Crippen LogP contribution in [0.1, 0.15) is 57.2 Å². The molecule has 7 rings (SSSR count). The van der Waals surface area contributed by atoms with Crippen LogP contribution in [0, 0.1) is 34.8 Å². The summed E-state index contributed by atoms with van der Waals surface area (Å²) < 4.78 is 68.7. The molecule has 4 aromatic rings. The first-order chi connectivity index (χ1) is 22.6. The predicted molar refractivity (Wildman–Crippen MR) is 174 cm³/mol. The van der Waals surface area contributed by atoms with Gasteiger partial charge in [0.2, 0.25) is 0 Å². The maximum atomic E-state index is 17.0. The number of nitriles is 1. The fourth-order valence-corrected chi connectivity index (χ4v) is 8.75. The van der Waals surface area contributed by atoms with E-state index < -0.39 is 30.1 Å². The number of nitrogens with zero attached hydrogens (tertiary/aromatic N) is 5. The highest BCUT2D eigenvalue weighted by atomic mass is 32.1. The van der Waals surface area contributed by atoms with Crippen molar-refractivity contribution in [3.8, 4) is 23.3 Å². The SMILES string of the molecule is CCC1C(F)NC(F)CNc2nc(OCC34CCCN3CCC4)nc3c(F)c(-c4ccc(F)c5sc(N)c(C#N)c45)nc(c23)C[C@@H]1C. The largest absolute Gasteiger partial charge is 0.461 e. The molecule has 14 heteroatoms. The lowest BCUT2D eigenvalue weighted by Gasteiger charge is -2.31. The van der Waals surface area contributed by atoms with Gasteiger partial charge in [-0.25, -0.2) is 22.5 Å². The predicted octanol–water partition coefficient (Wildman–Crippen LogP) is 6.46. The molecule has 0 saturated carbocycles. The molecule has 0 radical (unpaired) electrons. The van der Waals surface area contributed by atoms with Gasteiger partial charge in [0.1, 0.15) is 40.5 Å². The molecule has 0 amide bonds. The number of nitrogen functional groups attached to an aromatic ring is 1. The van der Waals surface area contributed by atoms with Gasteiger partial charge in [-0.2, -0.15) is 15.2 Å². The zero-order valence-corrected chi connectivity index (χ0v) is 27.0. The van der Waals surface area contributed by atoms with Crippen LogP contribution in [-0.4, -0.2) is 64.2 Å². The Kier molecular flexibility index (Phi) is 8.34. The van der Waals surface area contributed by atoms with Crippen molar-refractivity contribution in [3.05, 3.63) is 35.0 Å². The van der Waals surface area contributed by atoms with Gasteiger partial charge in [-0.1, -0.05) is 13.8 Å². The molecule has 4 atom stereocenters. The van der Waals surface area contributed by atoms with Gasteiger partial charge >= 0.3 is 6.01 Å². The first kappa shape index (κ1) is 31.8. The summed E-state index contributed by atoms with van der Waals surface area (Å²) in [7, 11) is 0. The molecule has 4 N–H and O–H groups in total. The second kappa shape index (κ2) is 12.3. The third-order valence-corrected chi connectivity index (χ3v) is 11.2. The van der Waals surface area contributed by atoms with Crippen LogP contribution in [0.15, 0.2) is 12.1 Å². The summed E-state index contributed by atoms with van der Waals surface area (Å²) >= 11 is 0.904. The van der Waals surface area contributed by atoms with Crippen molar-refractivity contribution in [2.75, 3.05) is 37.3 Å². The number of nitrogens with two attached hydrogens (primary N) is 1. The van der Waals surface area contributed by atoms with Crippen molar-refractivity contribution in [1.29, 1.82) is 5.26 Å². The van der Waals surface area contributed by atoms with Crippen molar-refractivity contribution in [2.24, 2.45) is 11.8 Å². The lowest BCUT2D eigenvalue weighted by molar-refractivity contribution is 0.0910. The Bertz CT molecular complexity index is 1890. The van der Waals surface area contributed by atoms with E-state index in [4.69, 9.17) is 15.5 Å². The van der Waals surface area contributed by atoms with E-state index in [1.807, 2.05) is 19.9 Å². The Hall–Kier alpha value is -3.80. The average molecular weight is 669 g/mol. The lowest BCUT2D eigenvalue weighted by Crippen LogP contribution is -2.43. The third kappa shape index (κ3) is 5.42. The van der Waals surface area contributed by atoms with Gasteiger partial charge in [0.25, 0.3) is 0 Å². The van der Waals surface area contributed by atoms with E-state index in [1.54, 1.807) is 0 Å². The monoisotopic (exact) mass is 668 g/mol. The first-order valence-corrected chi connectivity index (χ1v) is 16.9. The van der Waals surface area contributed by atoms with Gasteiger partial charge in [0.05, 0.1) is 33.4 Å². The van der Waals surface area contributed by atoms with Crippen molar-refractivity contribution >= 4 is 43.1 Å². The number of aromatic nitrogens is 3. The van der Waals surface area contributed by atoms with Crippen molar-refractivity contribution < 1.29 is 22.3 Å². The second-order valence-electron chi connectivity index (χ2n) is 12.9. The molecule has 0 spiro atoms. The Labute approximate surface area is 273 Å². The lowest BCUT2D eigenvalue weighted by atomic mass is 9.86. The fraction of sp³-hybridized carbons (Fsp3) is 0.515.